The van der Waals surface area contributed by atoms with E-state index in [-0.39, 0.29) is 38.6 Å². The van der Waals surface area contributed by atoms with Gasteiger partial charge in [-0.1, -0.05) is 199 Å². The number of hydrogen-bond donors (Lipinski definition) is 2. The van der Waals surface area contributed by atoms with Crippen molar-refractivity contribution in [2.45, 2.75) is 245 Å². The third kappa shape index (κ3) is 42.4. The Balaban J connectivity index is 4.07. The van der Waals surface area contributed by atoms with E-state index < -0.39 is 26.5 Å². The second-order valence-electron chi connectivity index (χ2n) is 16.0. The number of carbonyl (C=O) groups excluding carboxylic acids is 2. The Kier molecular flexibility index (Phi) is 42.4. The van der Waals surface area contributed by atoms with Crippen molar-refractivity contribution >= 4 is 19.8 Å². The second-order valence-corrected chi connectivity index (χ2v) is 17.4. The molecule has 332 valence electrons. The fraction of sp³-hybridized carbons (Fsp3) is 0.913. The smallest absolute Gasteiger partial charge is 0.462 e. The Hall–Kier alpha value is -1.25. The van der Waals surface area contributed by atoms with E-state index in [0.717, 1.165) is 44.9 Å². The van der Waals surface area contributed by atoms with Gasteiger partial charge >= 0.3 is 19.8 Å². The Labute approximate surface area is 345 Å². The van der Waals surface area contributed by atoms with Gasteiger partial charge in [0.2, 0.25) is 0 Å². The molecule has 0 aliphatic carbocycles. The van der Waals surface area contributed by atoms with E-state index in [1.165, 1.54) is 161 Å². The highest BCUT2D eigenvalue weighted by Gasteiger charge is 2.26. The SMILES string of the molecule is CCCCCCCC/C=C\CCCCCCCCCC(=O)OC(COC(=O)CCCCCCCCCCCCCCCCCCCC)COP(=O)(O)OCCN. The van der Waals surface area contributed by atoms with Crippen molar-refractivity contribution in [1.29, 1.82) is 0 Å². The highest BCUT2D eigenvalue weighted by Crippen LogP contribution is 2.43. The molecule has 10 heteroatoms. The Bertz CT molecular complexity index is 933. The third-order valence-corrected chi connectivity index (χ3v) is 11.4. The van der Waals surface area contributed by atoms with E-state index in [9.17, 15) is 19.0 Å². The summed E-state index contributed by atoms with van der Waals surface area (Å²) >= 11 is 0. The lowest BCUT2D eigenvalue weighted by Gasteiger charge is -2.19. The Morgan fingerprint density at radius 2 is 0.875 bits per heavy atom. The maximum Gasteiger partial charge on any atom is 0.472 e. The fourth-order valence-corrected chi connectivity index (χ4v) is 7.63. The van der Waals surface area contributed by atoms with Crippen LogP contribution in [0.4, 0.5) is 0 Å². The van der Waals surface area contributed by atoms with Gasteiger partial charge in [0.05, 0.1) is 13.2 Å². The lowest BCUT2D eigenvalue weighted by molar-refractivity contribution is -0.161. The Morgan fingerprint density at radius 1 is 0.518 bits per heavy atom. The summed E-state index contributed by atoms with van der Waals surface area (Å²) in [5, 5.41) is 0. The van der Waals surface area contributed by atoms with E-state index >= 15 is 0 Å². The van der Waals surface area contributed by atoms with Crippen molar-refractivity contribution in [2.75, 3.05) is 26.4 Å². The van der Waals surface area contributed by atoms with Gasteiger partial charge < -0.3 is 20.1 Å². The molecular weight excluding hydrogens is 725 g/mol. The molecule has 2 unspecified atom stereocenters. The molecule has 3 N–H and O–H groups in total. The predicted molar refractivity (Wildman–Crippen MR) is 234 cm³/mol. The van der Waals surface area contributed by atoms with E-state index in [4.69, 9.17) is 24.3 Å². The first-order valence-corrected chi connectivity index (χ1v) is 25.2. The number of ether oxygens (including phenoxy) is 2. The van der Waals surface area contributed by atoms with Gasteiger partial charge in [-0.2, -0.15) is 0 Å². The fourth-order valence-electron chi connectivity index (χ4n) is 6.87. The normalized spacial score (nSPS) is 13.3. The average Bonchev–Trinajstić information content (AvgIpc) is 3.18. The van der Waals surface area contributed by atoms with Crippen molar-refractivity contribution in [1.82, 2.24) is 0 Å². The van der Waals surface area contributed by atoms with Crippen molar-refractivity contribution in [3.63, 3.8) is 0 Å². The molecule has 0 spiro atoms. The molecule has 0 bridgehead atoms. The minimum Gasteiger partial charge on any atom is -0.462 e. The monoisotopic (exact) mass is 816 g/mol. The summed E-state index contributed by atoms with van der Waals surface area (Å²) in [7, 11) is -4.37. The molecule has 0 aromatic carbocycles. The topological polar surface area (TPSA) is 134 Å². The van der Waals surface area contributed by atoms with E-state index in [1.807, 2.05) is 0 Å². The molecule has 0 amide bonds. The summed E-state index contributed by atoms with van der Waals surface area (Å²) in [6.07, 6.45) is 45.2. The van der Waals surface area contributed by atoms with Crippen LogP contribution in [0.2, 0.25) is 0 Å². The molecule has 0 aromatic rings. The van der Waals surface area contributed by atoms with Gasteiger partial charge in [-0.15, -0.1) is 0 Å². The molecule has 0 aromatic heterocycles. The molecular formula is C46H90NO8P. The van der Waals surface area contributed by atoms with Crippen LogP contribution in [-0.4, -0.2) is 49.3 Å². The van der Waals surface area contributed by atoms with Crippen molar-refractivity contribution < 1.29 is 37.6 Å². The summed E-state index contributed by atoms with van der Waals surface area (Å²) in [4.78, 5) is 34.9. The molecule has 0 radical (unpaired) electrons. The van der Waals surface area contributed by atoms with Gasteiger partial charge in [0.15, 0.2) is 6.10 Å². The van der Waals surface area contributed by atoms with Crippen LogP contribution in [-0.2, 0) is 32.7 Å². The number of nitrogens with two attached hydrogens (primary N) is 1. The molecule has 2 atom stereocenters. The van der Waals surface area contributed by atoms with E-state index in [2.05, 4.69) is 26.0 Å². The zero-order valence-electron chi connectivity index (χ0n) is 36.6. The minimum absolute atomic E-state index is 0.0556. The van der Waals surface area contributed by atoms with Gasteiger partial charge in [0, 0.05) is 19.4 Å². The highest BCUT2D eigenvalue weighted by molar-refractivity contribution is 7.47. The standard InChI is InChI=1S/C46H90NO8P/c1-3-5-7-9-11-13-15-17-19-21-23-24-26-28-30-32-34-36-38-45(48)52-42-44(43-54-56(50,51)53-41-40-47)55-46(49)39-37-35-33-31-29-27-25-22-20-18-16-14-12-10-8-6-4-2/h18,20,44H,3-17,19,21-43,47H2,1-2H3,(H,50,51)/b20-18-. The summed E-state index contributed by atoms with van der Waals surface area (Å²) < 4.78 is 32.9. The molecule has 0 saturated heterocycles. The molecule has 0 aliphatic heterocycles. The number of hydrogen-bond acceptors (Lipinski definition) is 8. The van der Waals surface area contributed by atoms with Gasteiger partial charge in [-0.25, -0.2) is 4.57 Å². The summed E-state index contributed by atoms with van der Waals surface area (Å²) in [5.41, 5.74) is 5.36. The lowest BCUT2D eigenvalue weighted by atomic mass is 10.0. The van der Waals surface area contributed by atoms with Gasteiger partial charge in [-0.3, -0.25) is 18.6 Å². The number of carbonyl (C=O) groups is 2. The first-order chi connectivity index (χ1) is 27.3. The molecule has 0 rings (SSSR count). The van der Waals surface area contributed by atoms with Crippen LogP contribution in [0.15, 0.2) is 12.2 Å². The van der Waals surface area contributed by atoms with Crippen molar-refractivity contribution in [3.8, 4) is 0 Å². The average molecular weight is 816 g/mol. The number of rotatable bonds is 45. The number of esters is 2. The summed E-state index contributed by atoms with van der Waals surface area (Å²) in [6, 6.07) is 0. The highest BCUT2D eigenvalue weighted by atomic mass is 31.2. The Morgan fingerprint density at radius 3 is 1.27 bits per heavy atom. The minimum atomic E-state index is -4.37. The van der Waals surface area contributed by atoms with Crippen LogP contribution in [0.25, 0.3) is 0 Å². The van der Waals surface area contributed by atoms with Crippen LogP contribution < -0.4 is 5.73 Å². The number of unbranched alkanes of at least 4 members (excludes halogenated alkanes) is 30. The van der Waals surface area contributed by atoms with E-state index in [1.54, 1.807) is 0 Å². The number of phosphoric ester groups is 1. The van der Waals surface area contributed by atoms with Crippen LogP contribution in [0.3, 0.4) is 0 Å². The first kappa shape index (κ1) is 54.8. The van der Waals surface area contributed by atoms with Gasteiger partial charge in [0.25, 0.3) is 0 Å². The summed E-state index contributed by atoms with van der Waals surface area (Å²) in [5.74, 6) is -0.820. The largest absolute Gasteiger partial charge is 0.472 e. The zero-order chi connectivity index (χ0) is 41.1. The van der Waals surface area contributed by atoms with Crippen LogP contribution in [0, 0.1) is 0 Å². The van der Waals surface area contributed by atoms with Crippen LogP contribution in [0.1, 0.15) is 239 Å². The molecule has 9 nitrogen and oxygen atoms in total. The maximum absolute atomic E-state index is 12.6. The van der Waals surface area contributed by atoms with Crippen LogP contribution >= 0.6 is 7.82 Å². The second kappa shape index (κ2) is 43.3. The van der Waals surface area contributed by atoms with E-state index in [0.29, 0.717) is 6.42 Å². The zero-order valence-corrected chi connectivity index (χ0v) is 37.5. The van der Waals surface area contributed by atoms with Gasteiger partial charge in [-0.05, 0) is 38.5 Å². The number of phosphoric acid groups is 1. The van der Waals surface area contributed by atoms with Gasteiger partial charge in [0.1, 0.15) is 6.61 Å². The molecule has 0 fully saturated rings. The first-order valence-electron chi connectivity index (χ1n) is 23.7. The molecule has 0 heterocycles. The van der Waals surface area contributed by atoms with Crippen molar-refractivity contribution in [3.05, 3.63) is 12.2 Å². The third-order valence-electron chi connectivity index (χ3n) is 10.4. The predicted octanol–water partition coefficient (Wildman–Crippen LogP) is 13.8. The number of allylic oxidation sites excluding steroid dienone is 2. The molecule has 0 aliphatic rings. The lowest BCUT2D eigenvalue weighted by Crippen LogP contribution is -2.29. The summed E-state index contributed by atoms with van der Waals surface area (Å²) in [6.45, 7) is 3.77. The maximum atomic E-state index is 12.6. The quantitative estimate of drug-likeness (QED) is 0.0266. The molecule has 0 saturated carbocycles. The molecule has 56 heavy (non-hydrogen) atoms. The van der Waals surface area contributed by atoms with Crippen LogP contribution in [0.5, 0.6) is 0 Å². The van der Waals surface area contributed by atoms with Crippen molar-refractivity contribution in [2.24, 2.45) is 5.73 Å².